The zero-order chi connectivity index (χ0) is 18.8. The van der Waals surface area contributed by atoms with Crippen LogP contribution in [0.2, 0.25) is 0 Å². The zero-order valence-corrected chi connectivity index (χ0v) is 16.5. The van der Waals surface area contributed by atoms with Gasteiger partial charge in [-0.25, -0.2) is 4.79 Å². The Morgan fingerprint density at radius 2 is 1.85 bits per heavy atom. The van der Waals surface area contributed by atoms with E-state index in [0.717, 1.165) is 65.4 Å². The molecular weight excluding hydrogens is 342 g/mol. The van der Waals surface area contributed by atoms with Crippen molar-refractivity contribution in [1.29, 1.82) is 0 Å². The number of hydrogen-bond acceptors (Lipinski definition) is 5. The first-order valence-corrected chi connectivity index (χ1v) is 10.2. The van der Waals surface area contributed by atoms with Crippen molar-refractivity contribution in [2.45, 2.75) is 39.0 Å². The third-order valence-corrected chi connectivity index (χ3v) is 6.15. The fraction of sp³-hybridized carbons (Fsp3) is 0.667. The Kier molecular flexibility index (Phi) is 5.66. The van der Waals surface area contributed by atoms with E-state index in [1.165, 1.54) is 16.7 Å². The molecule has 0 spiro atoms. The van der Waals surface area contributed by atoms with Crippen molar-refractivity contribution in [3.8, 4) is 0 Å². The summed E-state index contributed by atoms with van der Waals surface area (Å²) in [4.78, 5) is 19.1. The van der Waals surface area contributed by atoms with Crippen LogP contribution in [0.5, 0.6) is 0 Å². The predicted molar refractivity (Wildman–Crippen MR) is 104 cm³/mol. The lowest BCUT2D eigenvalue weighted by molar-refractivity contribution is 0.0362. The Morgan fingerprint density at radius 3 is 2.63 bits per heavy atom. The minimum atomic E-state index is -0.127. The molecule has 1 aromatic carbocycles. The summed E-state index contributed by atoms with van der Waals surface area (Å²) in [6, 6.07) is 6.88. The van der Waals surface area contributed by atoms with Crippen molar-refractivity contribution in [3.05, 3.63) is 34.9 Å². The number of carbonyl (C=O) groups excluding carboxylic acids is 1. The number of ether oxygens (including phenoxy) is 2. The molecule has 6 heteroatoms. The first-order valence-electron chi connectivity index (χ1n) is 10.2. The predicted octanol–water partition coefficient (Wildman–Crippen LogP) is 2.03. The van der Waals surface area contributed by atoms with Crippen molar-refractivity contribution in [2.75, 3.05) is 52.5 Å². The molecule has 3 aliphatic heterocycles. The fourth-order valence-corrected chi connectivity index (χ4v) is 4.42. The summed E-state index contributed by atoms with van der Waals surface area (Å²) < 4.78 is 11.1. The van der Waals surface area contributed by atoms with Gasteiger partial charge in [0.25, 0.3) is 0 Å². The van der Waals surface area contributed by atoms with Crippen molar-refractivity contribution in [3.63, 3.8) is 0 Å². The normalized spacial score (nSPS) is 26.4. The number of carbonyl (C=O) groups is 1. The molecule has 3 heterocycles. The fourth-order valence-electron chi connectivity index (χ4n) is 4.42. The van der Waals surface area contributed by atoms with E-state index in [2.05, 4.69) is 41.8 Å². The lowest BCUT2D eigenvalue weighted by Gasteiger charge is -2.28. The summed E-state index contributed by atoms with van der Waals surface area (Å²) in [6.07, 6.45) is 0.889. The van der Waals surface area contributed by atoms with Gasteiger partial charge in [-0.05, 0) is 37.0 Å². The van der Waals surface area contributed by atoms with E-state index < -0.39 is 0 Å². The summed E-state index contributed by atoms with van der Waals surface area (Å²) in [5, 5.41) is 0. The van der Waals surface area contributed by atoms with E-state index in [-0.39, 0.29) is 18.2 Å². The number of benzene rings is 1. The van der Waals surface area contributed by atoms with Gasteiger partial charge in [-0.3, -0.25) is 9.80 Å². The molecule has 4 rings (SSSR count). The molecule has 3 saturated heterocycles. The van der Waals surface area contributed by atoms with Crippen LogP contribution < -0.4 is 0 Å². The largest absolute Gasteiger partial charge is 0.442 e. The maximum absolute atomic E-state index is 12.3. The average Bonchev–Trinajstić information content (AvgIpc) is 3.16. The monoisotopic (exact) mass is 373 g/mol. The van der Waals surface area contributed by atoms with Crippen LogP contribution in [0, 0.1) is 13.8 Å². The van der Waals surface area contributed by atoms with E-state index in [9.17, 15) is 4.79 Å². The van der Waals surface area contributed by atoms with Crippen molar-refractivity contribution >= 4 is 6.09 Å². The molecule has 1 amide bonds. The molecule has 0 saturated carbocycles. The maximum Gasteiger partial charge on any atom is 0.410 e. The van der Waals surface area contributed by atoms with Gasteiger partial charge in [-0.15, -0.1) is 0 Å². The van der Waals surface area contributed by atoms with Crippen molar-refractivity contribution in [2.24, 2.45) is 0 Å². The second kappa shape index (κ2) is 8.17. The van der Waals surface area contributed by atoms with Gasteiger partial charge in [0.15, 0.2) is 0 Å². The van der Waals surface area contributed by atoms with Gasteiger partial charge in [0.1, 0.15) is 6.10 Å². The second-order valence-corrected chi connectivity index (χ2v) is 8.10. The molecule has 1 aromatic rings. The Bertz CT molecular complexity index is 675. The van der Waals surface area contributed by atoms with Crippen LogP contribution >= 0.6 is 0 Å². The van der Waals surface area contributed by atoms with Gasteiger partial charge in [0.05, 0.1) is 19.3 Å². The highest BCUT2D eigenvalue weighted by Gasteiger charge is 2.47. The standard InChI is InChI=1S/C21H31N3O3/c1-16-4-5-18(12-17(16)2)13-23-14-19-20(15-23)27-21(25)24(19)7-3-6-22-8-10-26-11-9-22/h4-5,12,19-20H,3,6-11,13-15H2,1-2H3/t19-,20+/m1/s1. The molecular formula is C21H31N3O3. The van der Waals surface area contributed by atoms with Crippen LogP contribution in [0.25, 0.3) is 0 Å². The Labute approximate surface area is 162 Å². The number of fused-ring (bicyclic) bond motifs is 1. The van der Waals surface area contributed by atoms with Gasteiger partial charge >= 0.3 is 6.09 Å². The molecule has 0 bridgehead atoms. The molecule has 3 aliphatic rings. The van der Waals surface area contributed by atoms with Crippen LogP contribution in [0.4, 0.5) is 4.79 Å². The Morgan fingerprint density at radius 1 is 1.04 bits per heavy atom. The quantitative estimate of drug-likeness (QED) is 0.764. The molecule has 6 nitrogen and oxygen atoms in total. The smallest absolute Gasteiger partial charge is 0.410 e. The zero-order valence-electron chi connectivity index (χ0n) is 16.5. The van der Waals surface area contributed by atoms with E-state index in [0.29, 0.717) is 0 Å². The first-order chi connectivity index (χ1) is 13.1. The van der Waals surface area contributed by atoms with Crippen LogP contribution in [-0.2, 0) is 16.0 Å². The van der Waals surface area contributed by atoms with Gasteiger partial charge < -0.3 is 14.4 Å². The van der Waals surface area contributed by atoms with Crippen LogP contribution in [0.15, 0.2) is 18.2 Å². The van der Waals surface area contributed by atoms with E-state index in [1.807, 2.05) is 4.90 Å². The second-order valence-electron chi connectivity index (χ2n) is 8.10. The van der Waals surface area contributed by atoms with E-state index in [4.69, 9.17) is 9.47 Å². The van der Waals surface area contributed by atoms with Crippen molar-refractivity contribution in [1.82, 2.24) is 14.7 Å². The number of amides is 1. The average molecular weight is 373 g/mol. The molecule has 0 radical (unpaired) electrons. The summed E-state index contributed by atoms with van der Waals surface area (Å²) in [6.45, 7) is 12.4. The van der Waals surface area contributed by atoms with Crippen molar-refractivity contribution < 1.29 is 14.3 Å². The summed E-state index contributed by atoms with van der Waals surface area (Å²) in [7, 11) is 0. The Hall–Kier alpha value is -1.63. The minimum Gasteiger partial charge on any atom is -0.442 e. The number of rotatable bonds is 6. The van der Waals surface area contributed by atoms with Gasteiger partial charge in [0, 0.05) is 45.8 Å². The molecule has 0 aromatic heterocycles. The summed E-state index contributed by atoms with van der Waals surface area (Å²) in [5.41, 5.74) is 4.00. The number of nitrogens with zero attached hydrogens (tertiary/aromatic N) is 3. The van der Waals surface area contributed by atoms with Crippen LogP contribution in [0.3, 0.4) is 0 Å². The highest BCUT2D eigenvalue weighted by Crippen LogP contribution is 2.28. The molecule has 148 valence electrons. The molecule has 0 aliphatic carbocycles. The Balaban J connectivity index is 1.29. The number of aryl methyl sites for hydroxylation is 2. The summed E-state index contributed by atoms with van der Waals surface area (Å²) >= 11 is 0. The summed E-state index contributed by atoms with van der Waals surface area (Å²) in [5.74, 6) is 0. The van der Waals surface area contributed by atoms with Gasteiger partial charge in [0.2, 0.25) is 0 Å². The highest BCUT2D eigenvalue weighted by molar-refractivity contribution is 5.71. The van der Waals surface area contributed by atoms with E-state index in [1.54, 1.807) is 0 Å². The van der Waals surface area contributed by atoms with E-state index >= 15 is 0 Å². The molecule has 27 heavy (non-hydrogen) atoms. The SMILES string of the molecule is Cc1ccc(CN2C[C@@H]3OC(=O)N(CCCN4CCOCC4)[C@@H]3C2)cc1C. The van der Waals surface area contributed by atoms with Gasteiger partial charge in [-0.1, -0.05) is 18.2 Å². The molecule has 0 unspecified atom stereocenters. The first kappa shape index (κ1) is 18.7. The third-order valence-electron chi connectivity index (χ3n) is 6.15. The molecule has 3 fully saturated rings. The van der Waals surface area contributed by atoms with Crippen LogP contribution in [-0.4, -0.2) is 85.4 Å². The van der Waals surface area contributed by atoms with Crippen LogP contribution in [0.1, 0.15) is 23.1 Å². The topological polar surface area (TPSA) is 45.2 Å². The minimum absolute atomic E-state index is 0.0208. The number of morpholine rings is 1. The highest BCUT2D eigenvalue weighted by atomic mass is 16.6. The molecule has 2 atom stereocenters. The maximum atomic E-state index is 12.3. The number of likely N-dealkylation sites (tertiary alicyclic amines) is 1. The lowest BCUT2D eigenvalue weighted by Crippen LogP contribution is -2.41. The lowest BCUT2D eigenvalue weighted by atomic mass is 10.1. The molecule has 0 N–H and O–H groups in total. The third kappa shape index (κ3) is 4.28. The number of hydrogen-bond donors (Lipinski definition) is 0. The van der Waals surface area contributed by atoms with Gasteiger partial charge in [-0.2, -0.15) is 0 Å².